The molecule has 0 fully saturated rings. The van der Waals surface area contributed by atoms with Crippen molar-refractivity contribution < 1.29 is 9.21 Å². The summed E-state index contributed by atoms with van der Waals surface area (Å²) in [5.74, 6) is 0.781. The van der Waals surface area contributed by atoms with Crippen LogP contribution in [0.4, 0.5) is 5.13 Å². The Morgan fingerprint density at radius 2 is 2.38 bits per heavy atom. The van der Waals surface area contributed by atoms with Gasteiger partial charge in [-0.05, 0) is 32.0 Å². The molecule has 0 radical (unpaired) electrons. The third-order valence-electron chi connectivity index (χ3n) is 3.09. The molecule has 2 heterocycles. The van der Waals surface area contributed by atoms with E-state index in [4.69, 9.17) is 4.42 Å². The highest BCUT2D eigenvalue weighted by molar-refractivity contribution is 7.13. The summed E-state index contributed by atoms with van der Waals surface area (Å²) in [6.07, 6.45) is 3.70. The van der Waals surface area contributed by atoms with Crippen molar-refractivity contribution in [3.63, 3.8) is 0 Å². The summed E-state index contributed by atoms with van der Waals surface area (Å²) in [7, 11) is 0. The molecule has 5 nitrogen and oxygen atoms in total. The van der Waals surface area contributed by atoms with Crippen LogP contribution in [0.5, 0.6) is 0 Å². The number of rotatable bonds is 8. The molecular formula is C15H21N3O2S. The largest absolute Gasteiger partial charge is 0.469 e. The molecule has 0 bridgehead atoms. The smallest absolute Gasteiger partial charge is 0.226 e. The molecule has 0 aromatic carbocycles. The first kappa shape index (κ1) is 15.7. The van der Waals surface area contributed by atoms with Crippen LogP contribution in [0.25, 0.3) is 0 Å². The van der Waals surface area contributed by atoms with E-state index in [0.29, 0.717) is 18.0 Å². The fourth-order valence-electron chi connectivity index (χ4n) is 1.88. The maximum Gasteiger partial charge on any atom is 0.226 e. The first-order valence-corrected chi connectivity index (χ1v) is 8.08. The van der Waals surface area contributed by atoms with E-state index in [1.54, 1.807) is 6.26 Å². The predicted molar refractivity (Wildman–Crippen MR) is 84.5 cm³/mol. The van der Waals surface area contributed by atoms with Crippen LogP contribution in [0, 0.1) is 0 Å². The number of nitrogens with zero attached hydrogens (tertiary/aromatic N) is 1. The van der Waals surface area contributed by atoms with E-state index in [9.17, 15) is 4.79 Å². The van der Waals surface area contributed by atoms with Gasteiger partial charge in [-0.2, -0.15) is 0 Å². The molecule has 0 saturated heterocycles. The van der Waals surface area contributed by atoms with E-state index >= 15 is 0 Å². The lowest BCUT2D eigenvalue weighted by Gasteiger charge is -2.09. The normalized spacial score (nSPS) is 12.3. The van der Waals surface area contributed by atoms with E-state index in [-0.39, 0.29) is 11.9 Å². The van der Waals surface area contributed by atoms with Crippen LogP contribution in [0.3, 0.4) is 0 Å². The first-order chi connectivity index (χ1) is 10.2. The number of carbonyl (C=O) groups is 1. The molecule has 1 atom stereocenters. The van der Waals surface area contributed by atoms with Crippen molar-refractivity contribution in [2.24, 2.45) is 0 Å². The van der Waals surface area contributed by atoms with Crippen LogP contribution >= 0.6 is 11.3 Å². The molecule has 2 aromatic heterocycles. The molecule has 114 valence electrons. The number of aromatic nitrogens is 1. The molecular weight excluding hydrogens is 286 g/mol. The average molecular weight is 307 g/mol. The van der Waals surface area contributed by atoms with Crippen molar-refractivity contribution in [2.45, 2.75) is 39.2 Å². The number of nitrogens with one attached hydrogen (secondary N) is 2. The minimum atomic E-state index is -0.0403. The van der Waals surface area contributed by atoms with Gasteiger partial charge in [0, 0.05) is 24.3 Å². The number of anilines is 1. The first-order valence-electron chi connectivity index (χ1n) is 7.20. The molecule has 2 rings (SSSR count). The van der Waals surface area contributed by atoms with Crippen molar-refractivity contribution in [3.8, 4) is 0 Å². The Kier molecular flexibility index (Phi) is 5.95. The van der Waals surface area contributed by atoms with Crippen LogP contribution in [-0.4, -0.2) is 17.4 Å². The molecule has 0 aliphatic heterocycles. The number of aryl methyl sites for hydroxylation is 1. The van der Waals surface area contributed by atoms with Gasteiger partial charge in [-0.15, -0.1) is 11.3 Å². The van der Waals surface area contributed by atoms with Gasteiger partial charge >= 0.3 is 0 Å². The van der Waals surface area contributed by atoms with Crippen LogP contribution < -0.4 is 10.6 Å². The van der Waals surface area contributed by atoms with Crippen molar-refractivity contribution >= 4 is 22.4 Å². The molecule has 0 spiro atoms. The summed E-state index contributed by atoms with van der Waals surface area (Å²) in [5, 5.41) is 8.85. The van der Waals surface area contributed by atoms with Crippen molar-refractivity contribution in [1.82, 2.24) is 10.3 Å². The zero-order valence-corrected chi connectivity index (χ0v) is 13.2. The third kappa shape index (κ3) is 4.99. The molecule has 6 heteroatoms. The summed E-state index contributed by atoms with van der Waals surface area (Å²) in [6.45, 7) is 5.17. The number of hydrogen-bond donors (Lipinski definition) is 2. The lowest BCUT2D eigenvalue weighted by Crippen LogP contribution is -2.19. The Balaban J connectivity index is 1.80. The van der Waals surface area contributed by atoms with Crippen molar-refractivity contribution in [2.75, 3.05) is 11.9 Å². The minimum absolute atomic E-state index is 0.0403. The maximum atomic E-state index is 11.9. The van der Waals surface area contributed by atoms with Crippen LogP contribution in [0.1, 0.15) is 44.2 Å². The Morgan fingerprint density at radius 1 is 1.52 bits per heavy atom. The van der Waals surface area contributed by atoms with E-state index in [1.165, 1.54) is 11.3 Å². The van der Waals surface area contributed by atoms with E-state index in [0.717, 1.165) is 24.4 Å². The van der Waals surface area contributed by atoms with Crippen molar-refractivity contribution in [3.05, 3.63) is 35.2 Å². The van der Waals surface area contributed by atoms with Crippen molar-refractivity contribution in [1.29, 1.82) is 0 Å². The van der Waals surface area contributed by atoms with Gasteiger partial charge in [-0.25, -0.2) is 4.98 Å². The number of carbonyl (C=O) groups excluding carboxylic acids is 1. The Labute approximate surface area is 128 Å². The van der Waals surface area contributed by atoms with E-state index in [1.807, 2.05) is 17.5 Å². The summed E-state index contributed by atoms with van der Waals surface area (Å²) >= 11 is 1.46. The lowest BCUT2D eigenvalue weighted by atomic mass is 10.2. The van der Waals surface area contributed by atoms with Gasteiger partial charge in [0.25, 0.3) is 0 Å². The fraction of sp³-hybridized carbons (Fsp3) is 0.467. The number of furan rings is 1. The molecule has 2 N–H and O–H groups in total. The quantitative estimate of drug-likeness (QED) is 0.784. The summed E-state index contributed by atoms with van der Waals surface area (Å²) < 4.78 is 5.21. The van der Waals surface area contributed by atoms with Gasteiger partial charge < -0.3 is 15.1 Å². The Bertz CT molecular complexity index is 551. The monoisotopic (exact) mass is 307 g/mol. The Hall–Kier alpha value is -1.66. The second-order valence-electron chi connectivity index (χ2n) is 4.88. The van der Waals surface area contributed by atoms with Crippen LogP contribution in [0.15, 0.2) is 28.2 Å². The van der Waals surface area contributed by atoms with Crippen LogP contribution in [-0.2, 0) is 11.2 Å². The molecule has 1 amide bonds. The maximum absolute atomic E-state index is 11.9. The highest BCUT2D eigenvalue weighted by Gasteiger charge is 2.11. The zero-order chi connectivity index (χ0) is 15.1. The van der Waals surface area contributed by atoms with Gasteiger partial charge in [-0.1, -0.05) is 6.92 Å². The molecule has 0 aliphatic carbocycles. The highest BCUT2D eigenvalue weighted by atomic mass is 32.1. The fourth-order valence-corrected chi connectivity index (χ4v) is 2.70. The van der Waals surface area contributed by atoms with Gasteiger partial charge in [0.05, 0.1) is 12.0 Å². The molecule has 2 aromatic rings. The lowest BCUT2D eigenvalue weighted by molar-refractivity contribution is -0.116. The molecule has 21 heavy (non-hydrogen) atoms. The van der Waals surface area contributed by atoms with Gasteiger partial charge in [0.15, 0.2) is 5.13 Å². The SMILES string of the molecule is CCCNC(C)c1csc(NC(=O)CCc2ccco2)n1. The molecule has 0 aliphatic rings. The summed E-state index contributed by atoms with van der Waals surface area (Å²) in [4.78, 5) is 16.3. The summed E-state index contributed by atoms with van der Waals surface area (Å²) in [5.41, 5.74) is 0.967. The number of amides is 1. The molecule has 1 unspecified atom stereocenters. The third-order valence-corrected chi connectivity index (χ3v) is 3.87. The molecule has 0 saturated carbocycles. The van der Waals surface area contributed by atoms with Gasteiger partial charge in [0.2, 0.25) is 5.91 Å². The van der Waals surface area contributed by atoms with Gasteiger partial charge in [0.1, 0.15) is 5.76 Å². The second-order valence-corrected chi connectivity index (χ2v) is 5.74. The predicted octanol–water partition coefficient (Wildman–Crippen LogP) is 3.37. The van der Waals surface area contributed by atoms with Crippen LogP contribution in [0.2, 0.25) is 0 Å². The second kappa shape index (κ2) is 7.95. The number of hydrogen-bond acceptors (Lipinski definition) is 5. The average Bonchev–Trinajstić information content (AvgIpc) is 3.14. The Morgan fingerprint density at radius 3 is 3.10 bits per heavy atom. The zero-order valence-electron chi connectivity index (χ0n) is 12.4. The minimum Gasteiger partial charge on any atom is -0.469 e. The van der Waals surface area contributed by atoms with E-state index < -0.39 is 0 Å². The topological polar surface area (TPSA) is 67.2 Å². The van der Waals surface area contributed by atoms with E-state index in [2.05, 4.69) is 29.5 Å². The summed E-state index contributed by atoms with van der Waals surface area (Å²) in [6, 6.07) is 3.90. The highest BCUT2D eigenvalue weighted by Crippen LogP contribution is 2.20. The number of thiazole rings is 1. The standard InChI is InChI=1S/C15H21N3O2S/c1-3-8-16-11(2)13-10-21-15(17-13)18-14(19)7-6-12-5-4-9-20-12/h4-5,9-11,16H,3,6-8H2,1-2H3,(H,17,18,19). The van der Waals surface area contributed by atoms with Gasteiger partial charge in [-0.3, -0.25) is 4.79 Å².